The predicted octanol–water partition coefficient (Wildman–Crippen LogP) is 1.06. The molecule has 1 aliphatic heterocycles. The van der Waals surface area contributed by atoms with Crippen molar-refractivity contribution in [1.82, 2.24) is 15.1 Å². The average Bonchev–Trinajstić information content (AvgIpc) is 2.58. The highest BCUT2D eigenvalue weighted by Gasteiger charge is 2.24. The summed E-state index contributed by atoms with van der Waals surface area (Å²) in [5, 5.41) is 10.5. The maximum absolute atomic E-state index is 12.0. The number of hydrogen-bond donors (Lipinski definition) is 2. The Kier molecular flexibility index (Phi) is 3.47. The molecule has 2 N–H and O–H groups in total. The first-order valence-corrected chi connectivity index (χ1v) is 6.11. The first-order chi connectivity index (χ1) is 8.06. The zero-order chi connectivity index (χ0) is 12.4. The van der Waals surface area contributed by atoms with E-state index in [1.54, 1.807) is 4.68 Å². The Labute approximate surface area is 102 Å². The lowest BCUT2D eigenvalue weighted by Crippen LogP contribution is -2.42. The molecule has 1 aromatic rings. The highest BCUT2D eigenvalue weighted by atomic mass is 16.2. The Morgan fingerprint density at radius 3 is 2.88 bits per heavy atom. The summed E-state index contributed by atoms with van der Waals surface area (Å²) in [5.74, 6) is 0.930. The summed E-state index contributed by atoms with van der Waals surface area (Å²) in [6, 6.07) is 2.41. The fourth-order valence-corrected chi connectivity index (χ4v) is 2.18. The highest BCUT2D eigenvalue weighted by Crippen LogP contribution is 2.17. The lowest BCUT2D eigenvalue weighted by Gasteiger charge is -2.26. The van der Waals surface area contributed by atoms with Gasteiger partial charge in [-0.05, 0) is 26.7 Å². The number of nitrogens with one attached hydrogen (secondary N) is 2. The van der Waals surface area contributed by atoms with Crippen molar-refractivity contribution >= 4 is 11.7 Å². The van der Waals surface area contributed by atoms with Crippen LogP contribution in [-0.4, -0.2) is 28.3 Å². The minimum atomic E-state index is 0.0707. The number of anilines is 1. The van der Waals surface area contributed by atoms with Gasteiger partial charge in [0.25, 0.3) is 0 Å². The topological polar surface area (TPSA) is 59.0 Å². The van der Waals surface area contributed by atoms with Crippen LogP contribution in [-0.2, 0) is 11.8 Å². The van der Waals surface area contributed by atoms with Crippen LogP contribution in [0.5, 0.6) is 0 Å². The quantitative estimate of drug-likeness (QED) is 0.807. The summed E-state index contributed by atoms with van der Waals surface area (Å²) in [6.45, 7) is 4.84. The van der Waals surface area contributed by atoms with E-state index in [2.05, 4.69) is 22.7 Å². The van der Waals surface area contributed by atoms with E-state index < -0.39 is 0 Å². The van der Waals surface area contributed by atoms with E-state index in [1.807, 2.05) is 20.0 Å². The summed E-state index contributed by atoms with van der Waals surface area (Å²) in [6.07, 6.45) is 2.01. The number of rotatable bonds is 2. The number of aryl methyl sites for hydroxylation is 2. The van der Waals surface area contributed by atoms with Crippen molar-refractivity contribution in [2.45, 2.75) is 32.7 Å². The first-order valence-electron chi connectivity index (χ1n) is 6.11. The van der Waals surface area contributed by atoms with Crippen LogP contribution in [0.1, 0.15) is 25.5 Å². The van der Waals surface area contributed by atoms with Gasteiger partial charge in [0.15, 0.2) is 0 Å². The second kappa shape index (κ2) is 4.87. The Hall–Kier alpha value is -1.36. The van der Waals surface area contributed by atoms with Gasteiger partial charge in [0, 0.05) is 25.7 Å². The molecule has 1 amide bonds. The van der Waals surface area contributed by atoms with Gasteiger partial charge in [-0.1, -0.05) is 0 Å². The van der Waals surface area contributed by atoms with Crippen LogP contribution < -0.4 is 10.6 Å². The van der Waals surface area contributed by atoms with E-state index in [4.69, 9.17) is 0 Å². The molecule has 2 heterocycles. The van der Waals surface area contributed by atoms with Crippen LogP contribution in [0.15, 0.2) is 6.07 Å². The molecule has 5 nitrogen and oxygen atoms in total. The van der Waals surface area contributed by atoms with Crippen LogP contribution >= 0.6 is 0 Å². The molecule has 0 spiro atoms. The molecule has 2 unspecified atom stereocenters. The molecule has 1 fully saturated rings. The molecule has 1 saturated heterocycles. The Balaban J connectivity index is 1.95. The van der Waals surface area contributed by atoms with Gasteiger partial charge in [0.05, 0.1) is 11.6 Å². The third kappa shape index (κ3) is 2.85. The van der Waals surface area contributed by atoms with Gasteiger partial charge in [-0.25, -0.2) is 0 Å². The standard InChI is InChI=1S/C12H20N4O/c1-8-4-5-10(7-13-8)12(17)14-11-6-9(2)15-16(11)3/h6,8,10,13H,4-5,7H2,1-3H3,(H,14,17). The zero-order valence-corrected chi connectivity index (χ0v) is 10.7. The lowest BCUT2D eigenvalue weighted by atomic mass is 9.95. The molecule has 94 valence electrons. The zero-order valence-electron chi connectivity index (χ0n) is 10.7. The molecule has 0 saturated carbocycles. The highest BCUT2D eigenvalue weighted by molar-refractivity contribution is 5.92. The summed E-state index contributed by atoms with van der Waals surface area (Å²) in [5.41, 5.74) is 0.915. The van der Waals surface area contributed by atoms with Crippen LogP contribution in [0.3, 0.4) is 0 Å². The summed E-state index contributed by atoms with van der Waals surface area (Å²) >= 11 is 0. The van der Waals surface area contributed by atoms with Gasteiger partial charge in [-0.2, -0.15) is 5.10 Å². The SMILES string of the molecule is Cc1cc(NC(=O)C2CCC(C)NC2)n(C)n1. The first kappa shape index (κ1) is 12.1. The molecule has 0 radical (unpaired) electrons. The number of nitrogens with zero attached hydrogens (tertiary/aromatic N) is 2. The van der Waals surface area contributed by atoms with Gasteiger partial charge in [0.2, 0.25) is 5.91 Å². The van der Waals surface area contributed by atoms with E-state index in [-0.39, 0.29) is 11.8 Å². The van der Waals surface area contributed by atoms with E-state index in [1.165, 1.54) is 0 Å². The maximum atomic E-state index is 12.0. The Morgan fingerprint density at radius 2 is 2.35 bits per heavy atom. The second-order valence-corrected chi connectivity index (χ2v) is 4.87. The monoisotopic (exact) mass is 236 g/mol. The van der Waals surface area contributed by atoms with Crippen molar-refractivity contribution < 1.29 is 4.79 Å². The molecular formula is C12H20N4O. The second-order valence-electron chi connectivity index (χ2n) is 4.87. The van der Waals surface area contributed by atoms with Crippen molar-refractivity contribution in [3.63, 3.8) is 0 Å². The van der Waals surface area contributed by atoms with Crippen molar-refractivity contribution in [3.05, 3.63) is 11.8 Å². The number of amides is 1. The van der Waals surface area contributed by atoms with E-state index in [0.29, 0.717) is 6.04 Å². The molecular weight excluding hydrogens is 216 g/mol. The number of carbonyl (C=O) groups excluding carboxylic acids is 1. The van der Waals surface area contributed by atoms with Crippen molar-refractivity contribution in [2.75, 3.05) is 11.9 Å². The van der Waals surface area contributed by atoms with Crippen molar-refractivity contribution in [2.24, 2.45) is 13.0 Å². The summed E-state index contributed by atoms with van der Waals surface area (Å²) < 4.78 is 1.70. The third-order valence-corrected chi connectivity index (χ3v) is 3.28. The summed E-state index contributed by atoms with van der Waals surface area (Å²) in [4.78, 5) is 12.0. The largest absolute Gasteiger partial charge is 0.313 e. The fourth-order valence-electron chi connectivity index (χ4n) is 2.18. The molecule has 1 aromatic heterocycles. The average molecular weight is 236 g/mol. The van der Waals surface area contributed by atoms with E-state index in [9.17, 15) is 4.79 Å². The number of piperidine rings is 1. The lowest BCUT2D eigenvalue weighted by molar-refractivity contribution is -0.120. The molecule has 0 aliphatic carbocycles. The molecule has 17 heavy (non-hydrogen) atoms. The van der Waals surface area contributed by atoms with Crippen LogP contribution in [0.2, 0.25) is 0 Å². The molecule has 1 aliphatic rings. The van der Waals surface area contributed by atoms with Crippen molar-refractivity contribution in [1.29, 1.82) is 0 Å². The van der Waals surface area contributed by atoms with Crippen LogP contribution in [0.25, 0.3) is 0 Å². The summed E-state index contributed by atoms with van der Waals surface area (Å²) in [7, 11) is 1.84. The molecule has 0 bridgehead atoms. The van der Waals surface area contributed by atoms with Gasteiger partial charge in [-0.15, -0.1) is 0 Å². The van der Waals surface area contributed by atoms with E-state index >= 15 is 0 Å². The van der Waals surface area contributed by atoms with Crippen LogP contribution in [0.4, 0.5) is 5.82 Å². The minimum absolute atomic E-state index is 0.0707. The smallest absolute Gasteiger partial charge is 0.229 e. The van der Waals surface area contributed by atoms with Gasteiger partial charge in [-0.3, -0.25) is 9.48 Å². The number of carbonyl (C=O) groups is 1. The minimum Gasteiger partial charge on any atom is -0.313 e. The van der Waals surface area contributed by atoms with Crippen molar-refractivity contribution in [3.8, 4) is 0 Å². The predicted molar refractivity (Wildman–Crippen MR) is 66.8 cm³/mol. The number of aromatic nitrogens is 2. The van der Waals surface area contributed by atoms with E-state index in [0.717, 1.165) is 30.9 Å². The molecule has 2 atom stereocenters. The van der Waals surface area contributed by atoms with Crippen LogP contribution in [0, 0.1) is 12.8 Å². The normalized spacial score (nSPS) is 24.6. The van der Waals surface area contributed by atoms with Gasteiger partial charge >= 0.3 is 0 Å². The molecule has 5 heteroatoms. The molecule has 0 aromatic carbocycles. The Bertz CT molecular complexity index is 405. The third-order valence-electron chi connectivity index (χ3n) is 3.28. The maximum Gasteiger partial charge on any atom is 0.229 e. The van der Waals surface area contributed by atoms with Gasteiger partial charge in [0.1, 0.15) is 5.82 Å². The Morgan fingerprint density at radius 1 is 1.59 bits per heavy atom. The van der Waals surface area contributed by atoms with Gasteiger partial charge < -0.3 is 10.6 Å². The fraction of sp³-hybridized carbons (Fsp3) is 0.667. The molecule has 2 rings (SSSR count). The number of hydrogen-bond acceptors (Lipinski definition) is 3.